The second-order valence-electron chi connectivity index (χ2n) is 3.86. The van der Waals surface area contributed by atoms with E-state index >= 15 is 0 Å². The number of carboxylic acid groups (broad SMARTS) is 1. The lowest BCUT2D eigenvalue weighted by Gasteiger charge is -2.20. The lowest BCUT2D eigenvalue weighted by Crippen LogP contribution is -2.34. The Hall–Kier alpha value is -1.49. The van der Waals surface area contributed by atoms with Gasteiger partial charge in [0.2, 0.25) is 0 Å². The molecule has 100 valence electrons. The summed E-state index contributed by atoms with van der Waals surface area (Å²) in [5, 5.41) is 9.16. The molecule has 6 heteroatoms. The van der Waals surface area contributed by atoms with Gasteiger partial charge in [-0.25, -0.2) is 0 Å². The van der Waals surface area contributed by atoms with Gasteiger partial charge in [-0.1, -0.05) is 11.6 Å². The Kier molecular flexibility index (Phi) is 5.22. The van der Waals surface area contributed by atoms with Crippen LogP contribution in [0.1, 0.15) is 30.8 Å². The number of carbonyl (C=O) groups is 2. The first-order valence-electron chi connectivity index (χ1n) is 5.86. The number of amides is 1. The van der Waals surface area contributed by atoms with Crippen molar-refractivity contribution in [3.63, 3.8) is 0 Å². The summed E-state index contributed by atoms with van der Waals surface area (Å²) in [7, 11) is 0. The van der Waals surface area contributed by atoms with Crippen LogP contribution >= 0.6 is 11.6 Å². The summed E-state index contributed by atoms with van der Waals surface area (Å²) in [6, 6.07) is 1.61. The average Bonchev–Trinajstić information content (AvgIpc) is 2.70. The van der Waals surface area contributed by atoms with Crippen LogP contribution < -0.4 is 0 Å². The van der Waals surface area contributed by atoms with E-state index in [-0.39, 0.29) is 18.9 Å². The Morgan fingerprint density at radius 2 is 2.11 bits per heavy atom. The number of carboxylic acids is 1. The van der Waals surface area contributed by atoms with Crippen LogP contribution in [0.25, 0.3) is 0 Å². The Morgan fingerprint density at radius 3 is 2.61 bits per heavy atom. The van der Waals surface area contributed by atoms with Gasteiger partial charge in [-0.3, -0.25) is 9.59 Å². The number of rotatable bonds is 6. The zero-order chi connectivity index (χ0) is 13.7. The number of aryl methyl sites for hydroxylation is 1. The smallest absolute Gasteiger partial charge is 0.305 e. The van der Waals surface area contributed by atoms with Crippen LogP contribution in [0.15, 0.2) is 12.3 Å². The van der Waals surface area contributed by atoms with Gasteiger partial charge in [0.05, 0.1) is 11.4 Å². The molecule has 5 nitrogen and oxygen atoms in total. The molecule has 0 aliphatic rings. The molecule has 0 atom stereocenters. The predicted octanol–water partition coefficient (Wildman–Crippen LogP) is 2.10. The zero-order valence-corrected chi connectivity index (χ0v) is 11.3. The van der Waals surface area contributed by atoms with Crippen molar-refractivity contribution in [2.75, 3.05) is 13.1 Å². The molecule has 0 aliphatic carbocycles. The van der Waals surface area contributed by atoms with Crippen LogP contribution in [-0.2, 0) is 11.3 Å². The normalized spacial score (nSPS) is 10.4. The minimum Gasteiger partial charge on any atom is -0.481 e. The maximum atomic E-state index is 12.2. The number of hydrogen-bond donors (Lipinski definition) is 1. The zero-order valence-electron chi connectivity index (χ0n) is 10.5. The van der Waals surface area contributed by atoms with Gasteiger partial charge in [0, 0.05) is 25.8 Å². The summed E-state index contributed by atoms with van der Waals surface area (Å²) < 4.78 is 1.76. The lowest BCUT2D eigenvalue weighted by molar-refractivity contribution is -0.137. The summed E-state index contributed by atoms with van der Waals surface area (Å²) in [6.45, 7) is 5.06. The van der Waals surface area contributed by atoms with Crippen LogP contribution in [0.2, 0.25) is 5.02 Å². The average molecular weight is 273 g/mol. The highest BCUT2D eigenvalue weighted by Crippen LogP contribution is 2.16. The van der Waals surface area contributed by atoms with Crippen LogP contribution in [0.5, 0.6) is 0 Å². The van der Waals surface area contributed by atoms with Crippen LogP contribution in [0, 0.1) is 0 Å². The first kappa shape index (κ1) is 14.6. The van der Waals surface area contributed by atoms with Gasteiger partial charge in [-0.05, 0) is 19.9 Å². The quantitative estimate of drug-likeness (QED) is 0.863. The standard InChI is InChI=1S/C12H17ClN2O3/c1-3-14(6-5-11(16)17)12(18)10-7-9(13)8-15(10)4-2/h7-8H,3-6H2,1-2H3,(H,16,17). The number of nitrogens with zero attached hydrogens (tertiary/aromatic N) is 2. The molecule has 0 saturated carbocycles. The fourth-order valence-corrected chi connectivity index (χ4v) is 1.93. The third-order valence-corrected chi connectivity index (χ3v) is 2.89. The van der Waals surface area contributed by atoms with E-state index in [4.69, 9.17) is 16.7 Å². The largest absolute Gasteiger partial charge is 0.481 e. The van der Waals surface area contributed by atoms with Gasteiger partial charge in [0.1, 0.15) is 5.69 Å². The predicted molar refractivity (Wildman–Crippen MR) is 68.9 cm³/mol. The molecular weight excluding hydrogens is 256 g/mol. The molecule has 1 amide bonds. The Labute approximate surface area is 111 Å². The van der Waals surface area contributed by atoms with Gasteiger partial charge in [0.25, 0.3) is 5.91 Å². The fourth-order valence-electron chi connectivity index (χ4n) is 1.71. The van der Waals surface area contributed by atoms with E-state index in [0.29, 0.717) is 23.8 Å². The van der Waals surface area contributed by atoms with E-state index in [9.17, 15) is 9.59 Å². The van der Waals surface area contributed by atoms with Crippen LogP contribution in [-0.4, -0.2) is 39.5 Å². The minimum atomic E-state index is -0.912. The molecule has 0 fully saturated rings. The molecule has 1 aromatic heterocycles. The molecule has 0 aromatic carbocycles. The van der Waals surface area contributed by atoms with Crippen molar-refractivity contribution < 1.29 is 14.7 Å². The van der Waals surface area contributed by atoms with Gasteiger partial charge < -0.3 is 14.6 Å². The highest BCUT2D eigenvalue weighted by Gasteiger charge is 2.19. The number of aliphatic carboxylic acids is 1. The first-order chi connectivity index (χ1) is 8.49. The number of halogens is 1. The summed E-state index contributed by atoms with van der Waals surface area (Å²) in [4.78, 5) is 24.3. The first-order valence-corrected chi connectivity index (χ1v) is 6.24. The molecule has 18 heavy (non-hydrogen) atoms. The summed E-state index contributed by atoms with van der Waals surface area (Å²) in [5.74, 6) is -1.10. The van der Waals surface area contributed by atoms with Gasteiger partial charge in [-0.15, -0.1) is 0 Å². The van der Waals surface area contributed by atoms with Crippen molar-refractivity contribution in [2.45, 2.75) is 26.8 Å². The number of aromatic nitrogens is 1. The van der Waals surface area contributed by atoms with Crippen molar-refractivity contribution in [3.8, 4) is 0 Å². The third-order valence-electron chi connectivity index (χ3n) is 2.69. The fraction of sp³-hybridized carbons (Fsp3) is 0.500. The molecule has 0 unspecified atom stereocenters. The minimum absolute atomic E-state index is 0.0554. The Balaban J connectivity index is 2.85. The van der Waals surface area contributed by atoms with Gasteiger partial charge >= 0.3 is 5.97 Å². The van der Waals surface area contributed by atoms with E-state index < -0.39 is 5.97 Å². The molecule has 0 bridgehead atoms. The van der Waals surface area contributed by atoms with Crippen molar-refractivity contribution >= 4 is 23.5 Å². The Bertz CT molecular complexity index is 443. The third kappa shape index (κ3) is 3.50. The van der Waals surface area contributed by atoms with E-state index in [1.807, 2.05) is 13.8 Å². The van der Waals surface area contributed by atoms with Crippen molar-refractivity contribution in [1.82, 2.24) is 9.47 Å². The molecule has 1 aromatic rings. The summed E-state index contributed by atoms with van der Waals surface area (Å²) >= 11 is 5.88. The SMILES string of the molecule is CCN(CCC(=O)O)C(=O)c1cc(Cl)cn1CC. The highest BCUT2D eigenvalue weighted by molar-refractivity contribution is 6.31. The Morgan fingerprint density at radius 1 is 1.44 bits per heavy atom. The monoisotopic (exact) mass is 272 g/mol. The highest BCUT2D eigenvalue weighted by atomic mass is 35.5. The molecule has 1 rings (SSSR count). The maximum absolute atomic E-state index is 12.2. The number of carbonyl (C=O) groups excluding carboxylic acids is 1. The molecule has 1 heterocycles. The van der Waals surface area contributed by atoms with E-state index in [1.54, 1.807) is 16.8 Å². The van der Waals surface area contributed by atoms with Gasteiger partial charge in [-0.2, -0.15) is 0 Å². The summed E-state index contributed by atoms with van der Waals surface area (Å²) in [6.07, 6.45) is 1.64. The molecule has 0 saturated heterocycles. The van der Waals surface area contributed by atoms with Gasteiger partial charge in [0.15, 0.2) is 0 Å². The van der Waals surface area contributed by atoms with E-state index in [2.05, 4.69) is 0 Å². The molecule has 0 radical (unpaired) electrons. The van der Waals surface area contributed by atoms with Crippen molar-refractivity contribution in [2.24, 2.45) is 0 Å². The lowest BCUT2D eigenvalue weighted by atomic mass is 10.3. The summed E-state index contributed by atoms with van der Waals surface area (Å²) in [5.41, 5.74) is 0.495. The maximum Gasteiger partial charge on any atom is 0.305 e. The topological polar surface area (TPSA) is 62.5 Å². The van der Waals surface area contributed by atoms with E-state index in [1.165, 1.54) is 4.90 Å². The van der Waals surface area contributed by atoms with Crippen LogP contribution in [0.3, 0.4) is 0 Å². The second-order valence-corrected chi connectivity index (χ2v) is 4.29. The molecular formula is C12H17ClN2O3. The van der Waals surface area contributed by atoms with E-state index in [0.717, 1.165) is 0 Å². The molecule has 0 spiro atoms. The molecule has 0 aliphatic heterocycles. The second kappa shape index (κ2) is 6.44. The van der Waals surface area contributed by atoms with Crippen molar-refractivity contribution in [3.05, 3.63) is 23.0 Å². The van der Waals surface area contributed by atoms with Crippen molar-refractivity contribution in [1.29, 1.82) is 0 Å². The number of hydrogen-bond acceptors (Lipinski definition) is 2. The van der Waals surface area contributed by atoms with Crippen LogP contribution in [0.4, 0.5) is 0 Å². The molecule has 1 N–H and O–H groups in total.